The fourth-order valence-corrected chi connectivity index (χ4v) is 4.16. The Hall–Kier alpha value is -1.51. The molecule has 8 heteroatoms. The lowest BCUT2D eigenvalue weighted by Crippen LogP contribution is -2.50. The van der Waals surface area contributed by atoms with E-state index in [1.165, 1.54) is 11.4 Å². The van der Waals surface area contributed by atoms with Gasteiger partial charge in [-0.15, -0.1) is 0 Å². The van der Waals surface area contributed by atoms with Crippen molar-refractivity contribution in [3.05, 3.63) is 23.9 Å². The van der Waals surface area contributed by atoms with Gasteiger partial charge in [-0.1, -0.05) is 12.5 Å². The van der Waals surface area contributed by atoms with Crippen molar-refractivity contribution in [1.82, 2.24) is 13.6 Å². The first-order valence-electron chi connectivity index (χ1n) is 7.76. The van der Waals surface area contributed by atoms with E-state index in [-0.39, 0.29) is 12.6 Å². The van der Waals surface area contributed by atoms with Crippen LogP contribution in [0.4, 0.5) is 5.82 Å². The van der Waals surface area contributed by atoms with Crippen LogP contribution >= 0.6 is 0 Å². The van der Waals surface area contributed by atoms with Gasteiger partial charge in [0.2, 0.25) is 5.91 Å². The summed E-state index contributed by atoms with van der Waals surface area (Å²) < 4.78 is 27.7. The largest absolute Gasteiger partial charge is 0.310 e. The molecule has 0 aromatic carbocycles. The Morgan fingerprint density at radius 2 is 2.17 bits per heavy atom. The molecule has 23 heavy (non-hydrogen) atoms. The van der Waals surface area contributed by atoms with Crippen LogP contribution in [0, 0.1) is 6.92 Å². The molecule has 0 bridgehead atoms. The van der Waals surface area contributed by atoms with Gasteiger partial charge in [0.05, 0.1) is 6.54 Å². The van der Waals surface area contributed by atoms with Gasteiger partial charge in [0, 0.05) is 25.8 Å². The molecule has 1 atom stereocenters. The second-order valence-corrected chi connectivity index (χ2v) is 7.98. The van der Waals surface area contributed by atoms with E-state index in [1.807, 2.05) is 19.9 Å². The van der Waals surface area contributed by atoms with E-state index in [0.717, 1.165) is 29.1 Å². The SMILES string of the molecule is Cc1ccc(NC(=O)CN(C)S(=O)(=O)N2CCCCC2C)nc1. The molecule has 0 radical (unpaired) electrons. The Morgan fingerprint density at radius 3 is 2.78 bits per heavy atom. The van der Waals surface area contributed by atoms with Gasteiger partial charge >= 0.3 is 0 Å². The van der Waals surface area contributed by atoms with Crippen molar-refractivity contribution in [2.45, 2.75) is 39.2 Å². The Kier molecular flexibility index (Phi) is 5.72. The van der Waals surface area contributed by atoms with Crippen LogP contribution < -0.4 is 5.32 Å². The monoisotopic (exact) mass is 340 g/mol. The topological polar surface area (TPSA) is 82.6 Å². The van der Waals surface area contributed by atoms with Crippen molar-refractivity contribution >= 4 is 21.9 Å². The second kappa shape index (κ2) is 7.37. The van der Waals surface area contributed by atoms with E-state index in [9.17, 15) is 13.2 Å². The third kappa shape index (κ3) is 4.49. The summed E-state index contributed by atoms with van der Waals surface area (Å²) in [7, 11) is -2.19. The Bertz CT molecular complexity index is 645. The maximum Gasteiger partial charge on any atom is 0.282 e. The first kappa shape index (κ1) is 17.8. The van der Waals surface area contributed by atoms with Crippen LogP contribution in [0.15, 0.2) is 18.3 Å². The zero-order chi connectivity index (χ0) is 17.0. The van der Waals surface area contributed by atoms with E-state index in [4.69, 9.17) is 0 Å². The molecule has 0 aliphatic carbocycles. The molecule has 1 fully saturated rings. The first-order valence-corrected chi connectivity index (χ1v) is 9.16. The van der Waals surface area contributed by atoms with E-state index in [0.29, 0.717) is 12.4 Å². The highest BCUT2D eigenvalue weighted by atomic mass is 32.2. The number of carbonyl (C=O) groups is 1. The molecule has 0 spiro atoms. The normalized spacial score (nSPS) is 19.7. The summed E-state index contributed by atoms with van der Waals surface area (Å²) in [5.74, 6) is 0.00910. The molecule has 1 amide bonds. The van der Waals surface area contributed by atoms with E-state index in [2.05, 4.69) is 10.3 Å². The van der Waals surface area contributed by atoms with Gasteiger partial charge < -0.3 is 5.32 Å². The van der Waals surface area contributed by atoms with Gasteiger partial charge in [-0.2, -0.15) is 17.0 Å². The molecule has 2 rings (SSSR count). The maximum atomic E-state index is 12.6. The Labute approximate surface area is 137 Å². The highest BCUT2D eigenvalue weighted by molar-refractivity contribution is 7.86. The van der Waals surface area contributed by atoms with Crippen molar-refractivity contribution in [3.63, 3.8) is 0 Å². The Balaban J connectivity index is 1.98. The van der Waals surface area contributed by atoms with Crippen molar-refractivity contribution in [1.29, 1.82) is 0 Å². The van der Waals surface area contributed by atoms with Crippen LogP contribution in [-0.2, 0) is 15.0 Å². The standard InChI is InChI=1S/C15H24N4O3S/c1-12-7-8-14(16-10-12)17-15(20)11-18(3)23(21,22)19-9-5-4-6-13(19)2/h7-8,10,13H,4-6,9,11H2,1-3H3,(H,16,17,20). The van der Waals surface area contributed by atoms with Gasteiger partial charge in [-0.05, 0) is 38.3 Å². The molecule has 1 N–H and O–H groups in total. The number of hydrogen-bond acceptors (Lipinski definition) is 4. The molecule has 1 aromatic heterocycles. The predicted octanol–water partition coefficient (Wildman–Crippen LogP) is 1.38. The number of pyridine rings is 1. The van der Waals surface area contributed by atoms with E-state index in [1.54, 1.807) is 12.3 Å². The molecular weight excluding hydrogens is 316 g/mol. The minimum Gasteiger partial charge on any atom is -0.310 e. The van der Waals surface area contributed by atoms with Crippen molar-refractivity contribution in [3.8, 4) is 0 Å². The number of aromatic nitrogens is 1. The highest BCUT2D eigenvalue weighted by Gasteiger charge is 2.33. The highest BCUT2D eigenvalue weighted by Crippen LogP contribution is 2.21. The summed E-state index contributed by atoms with van der Waals surface area (Å²) in [5, 5.41) is 2.61. The van der Waals surface area contributed by atoms with Crippen LogP contribution in [0.3, 0.4) is 0 Å². The number of anilines is 1. The summed E-state index contributed by atoms with van der Waals surface area (Å²) >= 11 is 0. The molecule has 1 unspecified atom stereocenters. The lowest BCUT2D eigenvalue weighted by atomic mass is 10.1. The third-order valence-electron chi connectivity index (χ3n) is 3.98. The maximum absolute atomic E-state index is 12.6. The number of carbonyl (C=O) groups excluding carboxylic acids is 1. The zero-order valence-corrected chi connectivity index (χ0v) is 14.6. The van der Waals surface area contributed by atoms with Crippen LogP contribution in [-0.4, -0.2) is 54.1 Å². The molecule has 7 nitrogen and oxygen atoms in total. The van der Waals surface area contributed by atoms with Crippen molar-refractivity contribution < 1.29 is 13.2 Å². The summed E-state index contributed by atoms with van der Waals surface area (Å²) in [6.07, 6.45) is 4.39. The van der Waals surface area contributed by atoms with Gasteiger partial charge in [-0.3, -0.25) is 4.79 Å². The van der Waals surface area contributed by atoms with Crippen LogP contribution in [0.25, 0.3) is 0 Å². The molecule has 1 aromatic rings. The van der Waals surface area contributed by atoms with E-state index < -0.39 is 16.1 Å². The number of aryl methyl sites for hydroxylation is 1. The first-order chi connectivity index (χ1) is 10.8. The number of likely N-dealkylation sites (N-methyl/N-ethyl adjacent to an activating group) is 1. The Morgan fingerprint density at radius 1 is 1.43 bits per heavy atom. The lowest BCUT2D eigenvalue weighted by Gasteiger charge is -2.34. The minimum absolute atomic E-state index is 0.0296. The van der Waals surface area contributed by atoms with E-state index >= 15 is 0 Å². The molecule has 2 heterocycles. The number of nitrogens with one attached hydrogen (secondary N) is 1. The molecule has 1 aliphatic heterocycles. The molecule has 1 aliphatic rings. The number of amides is 1. The smallest absolute Gasteiger partial charge is 0.282 e. The quantitative estimate of drug-likeness (QED) is 0.878. The summed E-state index contributed by atoms with van der Waals surface area (Å²) in [6.45, 7) is 4.08. The number of hydrogen-bond donors (Lipinski definition) is 1. The summed E-state index contributed by atoms with van der Waals surface area (Å²) in [5.41, 5.74) is 0.988. The summed E-state index contributed by atoms with van der Waals surface area (Å²) in [4.78, 5) is 16.1. The minimum atomic E-state index is -3.62. The predicted molar refractivity (Wildman–Crippen MR) is 89.2 cm³/mol. The third-order valence-corrected chi connectivity index (χ3v) is 6.03. The van der Waals surface area contributed by atoms with Gasteiger partial charge in [0.25, 0.3) is 10.2 Å². The van der Waals surface area contributed by atoms with Crippen molar-refractivity contribution in [2.24, 2.45) is 0 Å². The number of rotatable bonds is 5. The van der Waals surface area contributed by atoms with Crippen LogP contribution in [0.1, 0.15) is 31.7 Å². The van der Waals surface area contributed by atoms with Crippen LogP contribution in [0.5, 0.6) is 0 Å². The number of nitrogens with zero attached hydrogens (tertiary/aromatic N) is 3. The lowest BCUT2D eigenvalue weighted by molar-refractivity contribution is -0.116. The number of piperidine rings is 1. The molecular formula is C15H24N4O3S. The van der Waals surface area contributed by atoms with Gasteiger partial charge in [0.1, 0.15) is 5.82 Å². The zero-order valence-electron chi connectivity index (χ0n) is 13.8. The molecule has 1 saturated heterocycles. The summed E-state index contributed by atoms with van der Waals surface area (Å²) in [6, 6.07) is 3.49. The second-order valence-electron chi connectivity index (χ2n) is 5.99. The van der Waals surface area contributed by atoms with Crippen LogP contribution in [0.2, 0.25) is 0 Å². The molecule has 0 saturated carbocycles. The average molecular weight is 340 g/mol. The fourth-order valence-electron chi connectivity index (χ4n) is 2.60. The molecule has 128 valence electrons. The van der Waals surface area contributed by atoms with Crippen molar-refractivity contribution in [2.75, 3.05) is 25.5 Å². The van der Waals surface area contributed by atoms with Gasteiger partial charge in [-0.25, -0.2) is 4.98 Å². The average Bonchev–Trinajstić information content (AvgIpc) is 2.49. The fraction of sp³-hybridized carbons (Fsp3) is 0.600. The van der Waals surface area contributed by atoms with Gasteiger partial charge in [0.15, 0.2) is 0 Å².